The average molecular weight is 510 g/mol. The zero-order chi connectivity index (χ0) is 19.4. The Morgan fingerprint density at radius 3 is 2.66 bits per heavy atom. The minimum Gasteiger partial charge on any atom is -1.00 e. The zero-order valence-electron chi connectivity index (χ0n) is 17.8. The third-order valence-corrected chi connectivity index (χ3v) is 10.0. The highest BCUT2D eigenvalue weighted by molar-refractivity contribution is 5.66. The van der Waals surface area contributed by atoms with E-state index in [1.54, 1.807) is 0 Å². The molecular formula is C24H35IN2O2. The van der Waals surface area contributed by atoms with Crippen LogP contribution in [0.1, 0.15) is 51.5 Å². The number of hydrogen-bond acceptors (Lipinski definition) is 3. The molecule has 7 rings (SSSR count). The van der Waals surface area contributed by atoms with Gasteiger partial charge in [-0.05, 0) is 30.4 Å². The molecule has 5 fully saturated rings. The van der Waals surface area contributed by atoms with Gasteiger partial charge >= 0.3 is 0 Å². The first-order chi connectivity index (χ1) is 13.5. The number of benzene rings is 1. The largest absolute Gasteiger partial charge is 1.00 e. The number of rotatable bonds is 4. The number of fused-ring (bicyclic) bond motifs is 2. The molecule has 0 amide bonds. The standard InChI is InChI=1S/C24H35N2O2.HI/c1-4-6-11-26-18-12-15(14(5-2)23(26)28)20-19(26)13-24(22(20)27)16-9-7-8-10-17(16)25(3)21(18)24;/h7-10,14-15,18-23,27-28H,4-6,11-13H2,1-3H3;1H/q+1;/p-1/t14-,15-,18?,19-,20?,21-,22-,23+,24+,26?;/m0./s1. The van der Waals surface area contributed by atoms with Crippen molar-refractivity contribution in [2.75, 3.05) is 18.5 Å². The van der Waals surface area contributed by atoms with Gasteiger partial charge in [-0.15, -0.1) is 0 Å². The summed E-state index contributed by atoms with van der Waals surface area (Å²) in [6.07, 6.45) is 5.09. The second-order valence-electron chi connectivity index (χ2n) is 10.4. The topological polar surface area (TPSA) is 43.7 Å². The van der Waals surface area contributed by atoms with E-state index < -0.39 is 0 Å². The van der Waals surface area contributed by atoms with Crippen molar-refractivity contribution in [2.45, 2.75) is 81.8 Å². The van der Waals surface area contributed by atoms with E-state index in [0.717, 1.165) is 23.9 Å². The Morgan fingerprint density at radius 1 is 1.17 bits per heavy atom. The highest BCUT2D eigenvalue weighted by Crippen LogP contribution is 2.71. The maximum atomic E-state index is 12.0. The number of likely N-dealkylation sites (N-methyl/N-ethyl adjacent to an activating group) is 1. The van der Waals surface area contributed by atoms with Gasteiger partial charge in [-0.3, -0.25) is 4.48 Å². The number of piperidine rings is 4. The smallest absolute Gasteiger partial charge is 0.194 e. The molecule has 4 saturated heterocycles. The molecule has 5 aliphatic heterocycles. The van der Waals surface area contributed by atoms with E-state index >= 15 is 0 Å². The van der Waals surface area contributed by atoms with Gasteiger partial charge in [-0.1, -0.05) is 38.5 Å². The van der Waals surface area contributed by atoms with Gasteiger partial charge in [-0.25, -0.2) is 0 Å². The maximum Gasteiger partial charge on any atom is 0.194 e. The van der Waals surface area contributed by atoms with E-state index in [1.807, 2.05) is 0 Å². The fourth-order valence-electron chi connectivity index (χ4n) is 9.27. The minimum atomic E-state index is -0.272. The lowest BCUT2D eigenvalue weighted by molar-refractivity contribution is -1.04. The first kappa shape index (κ1) is 20.5. The van der Waals surface area contributed by atoms with E-state index in [2.05, 4.69) is 50.1 Å². The van der Waals surface area contributed by atoms with Crippen LogP contribution >= 0.6 is 0 Å². The summed E-state index contributed by atoms with van der Waals surface area (Å²) in [6, 6.07) is 10.00. The van der Waals surface area contributed by atoms with Gasteiger partial charge in [0.05, 0.1) is 30.1 Å². The third kappa shape index (κ3) is 2.03. The van der Waals surface area contributed by atoms with Gasteiger partial charge < -0.3 is 39.1 Å². The second-order valence-corrected chi connectivity index (χ2v) is 10.4. The first-order valence-corrected chi connectivity index (χ1v) is 11.6. The van der Waals surface area contributed by atoms with E-state index in [1.165, 1.54) is 30.5 Å². The molecule has 0 radical (unpaired) electrons. The SMILES string of the molecule is CCCC[N+]12C3C[C@H](C4[C@H](O)[C@]5(C[C@@H]41)c1ccccc1N(C)[C@@H]35)[C@H](CC)[C@H]2O.[I-]. The number of quaternary nitrogens is 1. The van der Waals surface area contributed by atoms with Gasteiger partial charge in [0, 0.05) is 37.4 Å². The lowest BCUT2D eigenvalue weighted by Gasteiger charge is -2.68. The van der Waals surface area contributed by atoms with Crippen LogP contribution in [-0.2, 0) is 5.41 Å². The van der Waals surface area contributed by atoms with Crippen LogP contribution in [0.3, 0.4) is 0 Å². The summed E-state index contributed by atoms with van der Waals surface area (Å²) < 4.78 is 0.884. The number of aliphatic hydroxyl groups excluding tert-OH is 2. The summed E-state index contributed by atoms with van der Waals surface area (Å²) in [5, 5.41) is 23.7. The molecule has 1 saturated carbocycles. The van der Waals surface area contributed by atoms with E-state index in [0.29, 0.717) is 35.9 Å². The van der Waals surface area contributed by atoms with Crippen LogP contribution in [0.2, 0.25) is 0 Å². The van der Waals surface area contributed by atoms with Crippen molar-refractivity contribution in [3.8, 4) is 0 Å². The Balaban J connectivity index is 0.00000181. The van der Waals surface area contributed by atoms with Crippen LogP contribution in [0.15, 0.2) is 24.3 Å². The van der Waals surface area contributed by atoms with E-state index in [4.69, 9.17) is 0 Å². The first-order valence-electron chi connectivity index (χ1n) is 11.6. The van der Waals surface area contributed by atoms with Crippen molar-refractivity contribution < 1.29 is 38.7 Å². The number of halogens is 1. The summed E-state index contributed by atoms with van der Waals surface area (Å²) in [5.74, 6) is 1.18. The predicted octanol–water partition coefficient (Wildman–Crippen LogP) is -0.127. The Bertz CT molecular complexity index is 820. The number of unbranched alkanes of at least 4 members (excludes halogenated alkanes) is 1. The molecule has 160 valence electrons. The summed E-state index contributed by atoms with van der Waals surface area (Å²) in [4.78, 5) is 2.49. The molecule has 1 spiro atoms. The van der Waals surface area contributed by atoms with Crippen molar-refractivity contribution >= 4 is 5.69 Å². The summed E-state index contributed by atoms with van der Waals surface area (Å²) >= 11 is 0. The molecule has 0 aromatic heterocycles. The number of aliphatic hydroxyl groups is 2. The number of nitrogens with zero attached hydrogens (tertiary/aromatic N) is 2. The Hall–Kier alpha value is -0.370. The van der Waals surface area contributed by atoms with Crippen LogP contribution in [0.25, 0.3) is 0 Å². The van der Waals surface area contributed by atoms with Gasteiger partial charge in [-0.2, -0.15) is 0 Å². The summed E-state index contributed by atoms with van der Waals surface area (Å²) in [5.41, 5.74) is 2.56. The van der Waals surface area contributed by atoms with Crippen molar-refractivity contribution in [3.63, 3.8) is 0 Å². The molecule has 5 heterocycles. The summed E-state index contributed by atoms with van der Waals surface area (Å²) in [7, 11) is 2.24. The quantitative estimate of drug-likeness (QED) is 0.439. The highest BCUT2D eigenvalue weighted by Gasteiger charge is 2.82. The fourth-order valence-corrected chi connectivity index (χ4v) is 9.27. The molecule has 1 aromatic carbocycles. The normalized spacial score (nSPS) is 50.4. The Kier molecular flexibility index (Phi) is 4.65. The molecule has 4 nitrogen and oxygen atoms in total. The molecule has 1 aromatic rings. The van der Waals surface area contributed by atoms with Gasteiger partial charge in [0.25, 0.3) is 0 Å². The highest BCUT2D eigenvalue weighted by atomic mass is 127. The molecular weight excluding hydrogens is 475 g/mol. The average Bonchev–Trinajstić information content (AvgIpc) is 3.09. The second kappa shape index (κ2) is 6.57. The molecule has 10 atom stereocenters. The zero-order valence-corrected chi connectivity index (χ0v) is 20.0. The van der Waals surface area contributed by atoms with Gasteiger partial charge in [0.2, 0.25) is 0 Å². The fraction of sp³-hybridized carbons (Fsp3) is 0.750. The van der Waals surface area contributed by atoms with E-state index in [9.17, 15) is 10.2 Å². The van der Waals surface area contributed by atoms with Gasteiger partial charge in [0.15, 0.2) is 6.23 Å². The monoisotopic (exact) mass is 510 g/mol. The molecule has 29 heavy (non-hydrogen) atoms. The van der Waals surface area contributed by atoms with Crippen molar-refractivity contribution in [1.29, 1.82) is 0 Å². The third-order valence-electron chi connectivity index (χ3n) is 10.0. The Morgan fingerprint density at radius 2 is 1.93 bits per heavy atom. The molecule has 5 heteroatoms. The van der Waals surface area contributed by atoms with Crippen molar-refractivity contribution in [1.82, 2.24) is 0 Å². The van der Waals surface area contributed by atoms with E-state index in [-0.39, 0.29) is 41.7 Å². The summed E-state index contributed by atoms with van der Waals surface area (Å²) in [6.45, 7) is 5.59. The molecule has 1 aliphatic carbocycles. The molecule has 5 bridgehead atoms. The minimum absolute atomic E-state index is 0. The van der Waals surface area contributed by atoms with Crippen LogP contribution in [0.4, 0.5) is 5.69 Å². The van der Waals surface area contributed by atoms with Crippen LogP contribution in [-0.4, -0.2) is 58.7 Å². The van der Waals surface area contributed by atoms with Crippen LogP contribution < -0.4 is 28.9 Å². The lowest BCUT2D eigenvalue weighted by atomic mass is 9.60. The predicted molar refractivity (Wildman–Crippen MR) is 110 cm³/mol. The maximum absolute atomic E-state index is 12.0. The number of anilines is 1. The van der Waals surface area contributed by atoms with Crippen molar-refractivity contribution in [2.24, 2.45) is 17.8 Å². The number of para-hydroxylation sites is 1. The van der Waals surface area contributed by atoms with Gasteiger partial charge in [0.1, 0.15) is 6.04 Å². The molecule has 6 aliphatic rings. The Labute approximate surface area is 191 Å². The van der Waals surface area contributed by atoms with Crippen molar-refractivity contribution in [3.05, 3.63) is 29.8 Å². The molecule has 2 N–H and O–H groups in total. The van der Waals surface area contributed by atoms with Crippen LogP contribution in [0, 0.1) is 17.8 Å². The molecule has 3 unspecified atom stereocenters. The number of hydrogen-bond donors (Lipinski definition) is 2. The van der Waals surface area contributed by atoms with Crippen LogP contribution in [0.5, 0.6) is 0 Å². The lowest BCUT2D eigenvalue weighted by Crippen LogP contribution is -3.00.